The highest BCUT2D eigenvalue weighted by molar-refractivity contribution is 6.08. The van der Waals surface area contributed by atoms with E-state index in [9.17, 15) is 19.1 Å². The van der Waals surface area contributed by atoms with Crippen molar-refractivity contribution in [1.29, 1.82) is 0 Å². The number of amides is 1. The van der Waals surface area contributed by atoms with Crippen molar-refractivity contribution in [2.24, 2.45) is 0 Å². The lowest BCUT2D eigenvalue weighted by molar-refractivity contribution is -0.119. The Hall–Kier alpha value is -2.17. The van der Waals surface area contributed by atoms with Crippen LogP contribution < -0.4 is 5.32 Å². The smallest absolute Gasteiger partial charge is 0.287 e. The number of Topliss-reactive ketones (excluding diaryl/α,β-unsaturated/α-hetero) is 1. The van der Waals surface area contributed by atoms with Crippen molar-refractivity contribution in [3.05, 3.63) is 47.0 Å². The predicted octanol–water partition coefficient (Wildman–Crippen LogP) is 1.40. The van der Waals surface area contributed by atoms with Gasteiger partial charge in [0.05, 0.1) is 11.6 Å². The van der Waals surface area contributed by atoms with E-state index in [1.807, 2.05) is 0 Å². The second kappa shape index (κ2) is 4.01. The Balaban J connectivity index is 2.44. The summed E-state index contributed by atoms with van der Waals surface area (Å²) in [5, 5.41) is 12.0. The molecule has 0 aromatic heterocycles. The highest BCUT2D eigenvalue weighted by Crippen LogP contribution is 2.29. The molecule has 0 bridgehead atoms. The van der Waals surface area contributed by atoms with Crippen molar-refractivity contribution in [1.82, 2.24) is 5.32 Å². The van der Waals surface area contributed by atoms with Gasteiger partial charge in [-0.1, -0.05) is 12.1 Å². The van der Waals surface area contributed by atoms with E-state index in [2.05, 4.69) is 5.32 Å². The second-order valence-corrected chi connectivity index (χ2v) is 3.78. The van der Waals surface area contributed by atoms with Crippen LogP contribution in [0.3, 0.4) is 0 Å². The number of aliphatic hydroxyl groups excluding tert-OH is 1. The van der Waals surface area contributed by atoms with Gasteiger partial charge < -0.3 is 10.4 Å². The number of carbonyl (C=O) groups excluding carboxylic acids is 2. The Labute approximate surface area is 96.8 Å². The van der Waals surface area contributed by atoms with E-state index < -0.39 is 29.3 Å². The number of hydrogen-bond acceptors (Lipinski definition) is 3. The molecular weight excluding hydrogens is 225 g/mol. The molecule has 1 aliphatic rings. The first kappa shape index (κ1) is 11.3. The summed E-state index contributed by atoms with van der Waals surface area (Å²) in [7, 11) is 0. The lowest BCUT2D eigenvalue weighted by Gasteiger charge is -2.12. The SMILES string of the molecule is CC(=O)C1=C(O)C(=O)N[C@H]1c1ccc(F)cc1. The van der Waals surface area contributed by atoms with Crippen molar-refractivity contribution in [2.75, 3.05) is 0 Å². The molecule has 2 N–H and O–H groups in total. The summed E-state index contributed by atoms with van der Waals surface area (Å²) in [4.78, 5) is 22.7. The van der Waals surface area contributed by atoms with Gasteiger partial charge in [0, 0.05) is 0 Å². The van der Waals surface area contributed by atoms with Crippen LogP contribution in [-0.2, 0) is 9.59 Å². The number of rotatable bonds is 2. The third kappa shape index (κ3) is 1.91. The average molecular weight is 235 g/mol. The zero-order valence-electron chi connectivity index (χ0n) is 9.03. The normalized spacial score (nSPS) is 19.4. The molecule has 0 saturated heterocycles. The number of aliphatic hydroxyl groups is 1. The molecule has 2 rings (SSSR count). The fourth-order valence-corrected chi connectivity index (χ4v) is 1.81. The summed E-state index contributed by atoms with van der Waals surface area (Å²) in [6.45, 7) is 1.27. The van der Waals surface area contributed by atoms with Crippen molar-refractivity contribution in [3.8, 4) is 0 Å². The number of nitrogens with one attached hydrogen (secondary N) is 1. The Morgan fingerprint density at radius 2 is 1.94 bits per heavy atom. The maximum atomic E-state index is 12.8. The van der Waals surface area contributed by atoms with Gasteiger partial charge in [0.1, 0.15) is 5.82 Å². The fraction of sp³-hybridized carbons (Fsp3) is 0.167. The van der Waals surface area contributed by atoms with E-state index in [-0.39, 0.29) is 5.57 Å². The highest BCUT2D eigenvalue weighted by atomic mass is 19.1. The molecule has 17 heavy (non-hydrogen) atoms. The third-order valence-corrected chi connectivity index (χ3v) is 2.62. The van der Waals surface area contributed by atoms with Crippen LogP contribution in [0.2, 0.25) is 0 Å². The first-order chi connectivity index (χ1) is 8.00. The van der Waals surface area contributed by atoms with E-state index in [1.54, 1.807) is 0 Å². The fourth-order valence-electron chi connectivity index (χ4n) is 1.81. The van der Waals surface area contributed by atoms with Crippen LogP contribution in [0.15, 0.2) is 35.6 Å². The average Bonchev–Trinajstić information content (AvgIpc) is 2.56. The summed E-state index contributed by atoms with van der Waals surface area (Å²) in [5.41, 5.74) is 0.565. The van der Waals surface area contributed by atoms with Gasteiger partial charge in [-0.05, 0) is 24.6 Å². The van der Waals surface area contributed by atoms with Crippen LogP contribution in [-0.4, -0.2) is 16.8 Å². The molecule has 1 atom stereocenters. The van der Waals surface area contributed by atoms with E-state index >= 15 is 0 Å². The largest absolute Gasteiger partial charge is 0.503 e. The minimum Gasteiger partial charge on any atom is -0.503 e. The van der Waals surface area contributed by atoms with Crippen molar-refractivity contribution < 1.29 is 19.1 Å². The van der Waals surface area contributed by atoms with Crippen LogP contribution >= 0.6 is 0 Å². The lowest BCUT2D eigenvalue weighted by atomic mass is 9.98. The molecule has 88 valence electrons. The Kier molecular flexibility index (Phi) is 2.67. The van der Waals surface area contributed by atoms with Gasteiger partial charge >= 0.3 is 0 Å². The van der Waals surface area contributed by atoms with Gasteiger partial charge in [-0.3, -0.25) is 9.59 Å². The molecule has 1 heterocycles. The summed E-state index contributed by atoms with van der Waals surface area (Å²) in [6, 6.07) is 4.67. The summed E-state index contributed by atoms with van der Waals surface area (Å²) < 4.78 is 12.8. The van der Waals surface area contributed by atoms with E-state index in [0.29, 0.717) is 5.56 Å². The molecule has 1 aromatic rings. The highest BCUT2D eigenvalue weighted by Gasteiger charge is 2.35. The molecule has 1 aromatic carbocycles. The maximum Gasteiger partial charge on any atom is 0.287 e. The van der Waals surface area contributed by atoms with Crippen molar-refractivity contribution in [3.63, 3.8) is 0 Å². The first-order valence-corrected chi connectivity index (χ1v) is 5.01. The lowest BCUT2D eigenvalue weighted by Crippen LogP contribution is -2.23. The molecule has 0 fully saturated rings. The van der Waals surface area contributed by atoms with Crippen molar-refractivity contribution in [2.45, 2.75) is 13.0 Å². The van der Waals surface area contributed by atoms with Gasteiger partial charge in [-0.25, -0.2) is 4.39 Å². The Morgan fingerprint density at radius 1 is 1.35 bits per heavy atom. The molecule has 0 aliphatic carbocycles. The van der Waals surface area contributed by atoms with Crippen LogP contribution in [0.4, 0.5) is 4.39 Å². The first-order valence-electron chi connectivity index (χ1n) is 5.01. The van der Waals surface area contributed by atoms with E-state index in [1.165, 1.54) is 31.2 Å². The maximum absolute atomic E-state index is 12.8. The molecule has 5 heteroatoms. The Bertz CT molecular complexity index is 519. The van der Waals surface area contributed by atoms with Crippen LogP contribution in [0.1, 0.15) is 18.5 Å². The summed E-state index contributed by atoms with van der Waals surface area (Å²) in [6.07, 6.45) is 0. The van der Waals surface area contributed by atoms with Gasteiger partial charge in [0.15, 0.2) is 11.5 Å². The number of halogens is 1. The molecule has 1 amide bonds. The van der Waals surface area contributed by atoms with Gasteiger partial charge in [-0.2, -0.15) is 0 Å². The van der Waals surface area contributed by atoms with Crippen molar-refractivity contribution >= 4 is 11.7 Å². The monoisotopic (exact) mass is 235 g/mol. The van der Waals surface area contributed by atoms with Crippen LogP contribution in [0.25, 0.3) is 0 Å². The molecule has 0 saturated carbocycles. The van der Waals surface area contributed by atoms with Gasteiger partial charge in [-0.15, -0.1) is 0 Å². The minimum atomic E-state index is -0.708. The van der Waals surface area contributed by atoms with Gasteiger partial charge in [0.25, 0.3) is 5.91 Å². The topological polar surface area (TPSA) is 66.4 Å². The number of carbonyl (C=O) groups is 2. The van der Waals surface area contributed by atoms with Gasteiger partial charge in [0.2, 0.25) is 0 Å². The Morgan fingerprint density at radius 3 is 2.47 bits per heavy atom. The minimum absolute atomic E-state index is 0.0154. The molecule has 4 nitrogen and oxygen atoms in total. The quantitative estimate of drug-likeness (QED) is 0.814. The summed E-state index contributed by atoms with van der Waals surface area (Å²) in [5.74, 6) is -2.05. The standard InChI is InChI=1S/C12H10FNO3/c1-6(15)9-10(14-12(17)11(9)16)7-2-4-8(13)5-3-7/h2-5,10,16H,1H3,(H,14,17)/t10-/m0/s1. The number of ketones is 1. The zero-order chi connectivity index (χ0) is 12.6. The zero-order valence-corrected chi connectivity index (χ0v) is 9.03. The number of hydrogen-bond donors (Lipinski definition) is 2. The van der Waals surface area contributed by atoms with E-state index in [0.717, 1.165) is 0 Å². The second-order valence-electron chi connectivity index (χ2n) is 3.78. The van der Waals surface area contributed by atoms with E-state index in [4.69, 9.17) is 0 Å². The third-order valence-electron chi connectivity index (χ3n) is 2.62. The van der Waals surface area contributed by atoms with Crippen LogP contribution in [0, 0.1) is 5.82 Å². The number of benzene rings is 1. The molecule has 1 aliphatic heterocycles. The molecule has 0 unspecified atom stereocenters. The molecule has 0 radical (unpaired) electrons. The predicted molar refractivity (Wildman–Crippen MR) is 57.6 cm³/mol. The molecular formula is C12H10FNO3. The molecule has 0 spiro atoms. The van der Waals surface area contributed by atoms with Crippen LogP contribution in [0.5, 0.6) is 0 Å². The summed E-state index contributed by atoms with van der Waals surface area (Å²) >= 11 is 0.